The van der Waals surface area contributed by atoms with Crippen LogP contribution in [0.2, 0.25) is 0 Å². The Bertz CT molecular complexity index is 139. The normalized spacial score (nSPS) is 14.4. The summed E-state index contributed by atoms with van der Waals surface area (Å²) in [4.78, 5) is 19.3. The predicted octanol–water partition coefficient (Wildman–Crippen LogP) is -5.17. The molecule has 0 aliphatic rings. The largest absolute Gasteiger partial charge is 2.00 e. The molecule has 0 radical (unpaired) electrons. The van der Waals surface area contributed by atoms with Crippen LogP contribution in [0.4, 0.5) is 0 Å². The van der Waals surface area contributed by atoms with E-state index < -0.39 is 24.1 Å². The van der Waals surface area contributed by atoms with E-state index in [-0.39, 0.29) is 37.7 Å². The molecule has 2 atom stereocenters. The van der Waals surface area contributed by atoms with E-state index in [1.165, 1.54) is 0 Å². The minimum Gasteiger partial charge on any atom is -0.547 e. The maximum absolute atomic E-state index is 9.63. The van der Waals surface area contributed by atoms with Crippen molar-refractivity contribution in [3.05, 3.63) is 0 Å². The summed E-state index contributed by atoms with van der Waals surface area (Å²) in [6, 6.07) is 0. The van der Waals surface area contributed by atoms with Crippen molar-refractivity contribution >= 4 is 49.7 Å². The van der Waals surface area contributed by atoms with Crippen LogP contribution in [0.15, 0.2) is 0 Å². The van der Waals surface area contributed by atoms with Crippen molar-refractivity contribution in [2.45, 2.75) is 12.2 Å². The zero-order valence-corrected chi connectivity index (χ0v) is 7.60. The number of carboxylic acids is 2. The predicted molar refractivity (Wildman–Crippen MR) is 27.8 cm³/mol. The van der Waals surface area contributed by atoms with Crippen molar-refractivity contribution in [3.63, 3.8) is 0 Å². The van der Waals surface area contributed by atoms with Gasteiger partial charge in [0.05, 0.1) is 11.9 Å². The van der Waals surface area contributed by atoms with Gasteiger partial charge in [0.1, 0.15) is 12.2 Å². The van der Waals surface area contributed by atoms with Gasteiger partial charge in [-0.3, -0.25) is 0 Å². The summed E-state index contributed by atoms with van der Waals surface area (Å²) in [5.74, 6) is -4.12. The third kappa shape index (κ3) is 4.54. The SMILES string of the molecule is O=C([O-])C(O)C(O)C(=O)[O-].[Ca+2]. The first-order chi connectivity index (χ1) is 4.46. The molecule has 0 heterocycles. The monoisotopic (exact) mass is 188 g/mol. The van der Waals surface area contributed by atoms with Gasteiger partial charge in [-0.15, -0.1) is 0 Å². The molecule has 0 saturated carbocycles. The molecule has 6 nitrogen and oxygen atoms in total. The zero-order chi connectivity index (χ0) is 8.31. The summed E-state index contributed by atoms with van der Waals surface area (Å²) >= 11 is 0. The Kier molecular flexibility index (Phi) is 7.13. The van der Waals surface area contributed by atoms with Crippen LogP contribution < -0.4 is 10.2 Å². The van der Waals surface area contributed by atoms with Crippen molar-refractivity contribution < 1.29 is 30.0 Å². The summed E-state index contributed by atoms with van der Waals surface area (Å²) in [5.41, 5.74) is 0. The third-order valence-corrected chi connectivity index (χ3v) is 0.782. The second kappa shape index (κ2) is 5.73. The van der Waals surface area contributed by atoms with Crippen LogP contribution in [0.1, 0.15) is 0 Å². The zero-order valence-electron chi connectivity index (χ0n) is 5.39. The molecular weight excluding hydrogens is 184 g/mol. The fraction of sp³-hybridized carbons (Fsp3) is 0.500. The van der Waals surface area contributed by atoms with Gasteiger partial charge >= 0.3 is 37.7 Å². The Balaban J connectivity index is 0. The number of aliphatic carboxylic acids is 2. The average Bonchev–Trinajstić information content (AvgIpc) is 1.84. The van der Waals surface area contributed by atoms with E-state index in [2.05, 4.69) is 0 Å². The summed E-state index contributed by atoms with van der Waals surface area (Å²) in [7, 11) is 0. The number of aliphatic hydroxyl groups is 2. The molecule has 2 N–H and O–H groups in total. The summed E-state index contributed by atoms with van der Waals surface area (Å²) in [6.07, 6.45) is -4.88. The van der Waals surface area contributed by atoms with Gasteiger partial charge in [-0.25, -0.2) is 0 Å². The molecule has 0 aromatic carbocycles. The van der Waals surface area contributed by atoms with Gasteiger partial charge in [0, 0.05) is 0 Å². The van der Waals surface area contributed by atoms with Gasteiger partial charge in [0.25, 0.3) is 0 Å². The minimum absolute atomic E-state index is 0. The Morgan fingerprint density at radius 2 is 1.18 bits per heavy atom. The maximum Gasteiger partial charge on any atom is 2.00 e. The standard InChI is InChI=1S/C4H6O6.Ca/c5-1(3(7)8)2(6)4(9)10;/h1-2,5-6H,(H,7,8)(H,9,10);/q;+2/p-2. The van der Waals surface area contributed by atoms with E-state index in [1.54, 1.807) is 0 Å². The van der Waals surface area contributed by atoms with Crippen LogP contribution in [0, 0.1) is 0 Å². The summed E-state index contributed by atoms with van der Waals surface area (Å²) < 4.78 is 0. The fourth-order valence-corrected chi connectivity index (χ4v) is 0.258. The molecule has 0 aliphatic heterocycles. The molecule has 11 heavy (non-hydrogen) atoms. The van der Waals surface area contributed by atoms with Gasteiger partial charge < -0.3 is 30.0 Å². The minimum atomic E-state index is -2.44. The fourth-order valence-electron chi connectivity index (χ4n) is 0.258. The first-order valence-electron chi connectivity index (χ1n) is 2.24. The molecule has 0 bridgehead atoms. The van der Waals surface area contributed by atoms with Gasteiger partial charge in [-0.05, 0) is 0 Å². The van der Waals surface area contributed by atoms with Gasteiger partial charge in [0.2, 0.25) is 0 Å². The molecule has 0 aromatic rings. The van der Waals surface area contributed by atoms with Crippen molar-refractivity contribution in [1.82, 2.24) is 0 Å². The quantitative estimate of drug-likeness (QED) is 0.427. The summed E-state index contributed by atoms with van der Waals surface area (Å²) in [6.45, 7) is 0. The number of rotatable bonds is 3. The Morgan fingerprint density at radius 3 is 1.27 bits per heavy atom. The molecule has 0 aromatic heterocycles. The van der Waals surface area contributed by atoms with Crippen LogP contribution in [0.3, 0.4) is 0 Å². The number of carboxylic acid groups (broad SMARTS) is 2. The van der Waals surface area contributed by atoms with Crippen molar-refractivity contribution in [2.24, 2.45) is 0 Å². The Morgan fingerprint density at radius 1 is 1.00 bits per heavy atom. The first kappa shape index (κ1) is 13.7. The van der Waals surface area contributed by atoms with E-state index in [0.717, 1.165) is 0 Å². The molecule has 0 spiro atoms. The number of carbonyl (C=O) groups excluding carboxylic acids is 2. The van der Waals surface area contributed by atoms with Crippen LogP contribution in [-0.4, -0.2) is 72.1 Å². The van der Waals surface area contributed by atoms with E-state index >= 15 is 0 Å². The Labute approximate surface area is 91.4 Å². The van der Waals surface area contributed by atoms with Crippen LogP contribution in [0.25, 0.3) is 0 Å². The van der Waals surface area contributed by atoms with Gasteiger partial charge in [0.15, 0.2) is 0 Å². The molecule has 0 fully saturated rings. The average molecular weight is 188 g/mol. The molecule has 7 heteroatoms. The molecule has 58 valence electrons. The van der Waals surface area contributed by atoms with E-state index in [1.807, 2.05) is 0 Å². The van der Waals surface area contributed by atoms with Crippen LogP contribution in [-0.2, 0) is 9.59 Å². The topological polar surface area (TPSA) is 121 Å². The van der Waals surface area contributed by atoms with Gasteiger partial charge in [-0.2, -0.15) is 0 Å². The molecule has 0 saturated heterocycles. The first-order valence-corrected chi connectivity index (χ1v) is 2.24. The number of hydrogen-bond acceptors (Lipinski definition) is 6. The second-order valence-corrected chi connectivity index (χ2v) is 1.53. The number of carbonyl (C=O) groups is 2. The molecule has 2 unspecified atom stereocenters. The third-order valence-electron chi connectivity index (χ3n) is 0.782. The van der Waals surface area contributed by atoms with E-state index in [0.29, 0.717) is 0 Å². The van der Waals surface area contributed by atoms with Gasteiger partial charge in [-0.1, -0.05) is 0 Å². The van der Waals surface area contributed by atoms with E-state index in [4.69, 9.17) is 10.2 Å². The second-order valence-electron chi connectivity index (χ2n) is 1.53. The van der Waals surface area contributed by atoms with E-state index in [9.17, 15) is 19.8 Å². The maximum atomic E-state index is 9.63. The molecule has 0 amide bonds. The Hall–Kier alpha value is 0.120. The smallest absolute Gasteiger partial charge is 0.547 e. The van der Waals surface area contributed by atoms with Crippen LogP contribution in [0.5, 0.6) is 0 Å². The van der Waals surface area contributed by atoms with Crippen molar-refractivity contribution in [3.8, 4) is 0 Å². The van der Waals surface area contributed by atoms with Crippen molar-refractivity contribution in [1.29, 1.82) is 0 Å². The number of aliphatic hydroxyl groups excluding tert-OH is 2. The van der Waals surface area contributed by atoms with Crippen molar-refractivity contribution in [2.75, 3.05) is 0 Å². The molecule has 0 rings (SSSR count). The van der Waals surface area contributed by atoms with Crippen LogP contribution >= 0.6 is 0 Å². The number of hydrogen-bond donors (Lipinski definition) is 2. The molecule has 0 aliphatic carbocycles. The molecular formula is C4H4CaO6. The summed E-state index contributed by atoms with van der Waals surface area (Å²) in [5, 5.41) is 35.7.